The van der Waals surface area contributed by atoms with E-state index in [1.165, 1.54) is 6.08 Å². The zero-order valence-corrected chi connectivity index (χ0v) is 20.1. The third kappa shape index (κ3) is 4.51. The van der Waals surface area contributed by atoms with Gasteiger partial charge in [-0.25, -0.2) is 9.50 Å². The van der Waals surface area contributed by atoms with Crippen LogP contribution in [0.5, 0.6) is 0 Å². The number of nitrogens with zero attached hydrogens (tertiary/aromatic N) is 8. The average molecular weight is 482 g/mol. The van der Waals surface area contributed by atoms with Crippen molar-refractivity contribution in [2.45, 2.75) is 19.9 Å². The van der Waals surface area contributed by atoms with Crippen molar-refractivity contribution in [3.63, 3.8) is 0 Å². The van der Waals surface area contributed by atoms with Crippen molar-refractivity contribution < 1.29 is 4.79 Å². The molecule has 0 aromatic carbocycles. The Morgan fingerprint density at radius 2 is 1.92 bits per heavy atom. The highest BCUT2D eigenvalue weighted by molar-refractivity contribution is 5.98. The van der Waals surface area contributed by atoms with Crippen LogP contribution in [0.2, 0.25) is 0 Å². The molecule has 5 heterocycles. The van der Waals surface area contributed by atoms with Crippen LogP contribution >= 0.6 is 0 Å². The van der Waals surface area contributed by atoms with Crippen LogP contribution in [0.3, 0.4) is 0 Å². The molecule has 1 amide bonds. The van der Waals surface area contributed by atoms with Gasteiger partial charge >= 0.3 is 0 Å². The number of pyridine rings is 2. The van der Waals surface area contributed by atoms with Gasteiger partial charge in [0.15, 0.2) is 0 Å². The van der Waals surface area contributed by atoms with Gasteiger partial charge in [0.1, 0.15) is 17.4 Å². The van der Waals surface area contributed by atoms with E-state index in [1.807, 2.05) is 23.1 Å². The minimum absolute atomic E-state index is 0.285. The fraction of sp³-hybridized carbons (Fsp3) is 0.269. The predicted octanol–water partition coefficient (Wildman–Crippen LogP) is 3.33. The SMILES string of the molecule is C=CC(=O)Nc1ccc(N2CCN(c3cc(-c4cnn(CCC)c4)cn4ncc(C#N)c34)CC2)cn1. The van der Waals surface area contributed by atoms with Crippen molar-refractivity contribution in [2.75, 3.05) is 41.3 Å². The third-order valence-electron chi connectivity index (χ3n) is 6.30. The van der Waals surface area contributed by atoms with Crippen LogP contribution < -0.4 is 15.1 Å². The fourth-order valence-corrected chi connectivity index (χ4v) is 4.47. The van der Waals surface area contributed by atoms with Crippen molar-refractivity contribution in [1.82, 2.24) is 24.4 Å². The van der Waals surface area contributed by atoms with E-state index in [1.54, 1.807) is 23.0 Å². The minimum Gasteiger partial charge on any atom is -0.367 e. The number of anilines is 3. The van der Waals surface area contributed by atoms with E-state index in [2.05, 4.69) is 62.1 Å². The molecule has 1 saturated heterocycles. The summed E-state index contributed by atoms with van der Waals surface area (Å²) in [5.74, 6) is 0.209. The van der Waals surface area contributed by atoms with Crippen LogP contribution in [0.25, 0.3) is 16.6 Å². The summed E-state index contributed by atoms with van der Waals surface area (Å²) in [7, 11) is 0. The summed E-state index contributed by atoms with van der Waals surface area (Å²) >= 11 is 0. The van der Waals surface area contributed by atoms with E-state index in [9.17, 15) is 10.1 Å². The Morgan fingerprint density at radius 1 is 1.11 bits per heavy atom. The molecule has 0 saturated carbocycles. The zero-order valence-electron chi connectivity index (χ0n) is 20.1. The Balaban J connectivity index is 1.38. The predicted molar refractivity (Wildman–Crippen MR) is 139 cm³/mol. The first kappa shape index (κ1) is 23.1. The van der Waals surface area contributed by atoms with Crippen molar-refractivity contribution in [1.29, 1.82) is 5.26 Å². The second kappa shape index (κ2) is 9.92. The quantitative estimate of drug-likeness (QED) is 0.404. The standard InChI is InChI=1S/C26H27N9O/c1-3-7-34-17-21(15-29-34)19-12-23(26-20(13-27)14-30-35(26)18-19)33-10-8-32(9-11-33)22-5-6-24(28-16-22)31-25(36)4-2/h4-6,12,14-18H,2-3,7-11H2,1H3,(H,28,31,36). The molecule has 36 heavy (non-hydrogen) atoms. The van der Waals surface area contributed by atoms with Gasteiger partial charge in [-0.2, -0.15) is 15.5 Å². The van der Waals surface area contributed by atoms with Gasteiger partial charge in [0.2, 0.25) is 5.91 Å². The molecular weight excluding hydrogens is 454 g/mol. The summed E-state index contributed by atoms with van der Waals surface area (Å²) in [6.45, 7) is 9.59. The normalized spacial score (nSPS) is 13.6. The van der Waals surface area contributed by atoms with Gasteiger partial charge < -0.3 is 15.1 Å². The number of aromatic nitrogens is 5. The first-order valence-corrected chi connectivity index (χ1v) is 11.9. The van der Waals surface area contributed by atoms with E-state index in [-0.39, 0.29) is 5.91 Å². The van der Waals surface area contributed by atoms with E-state index >= 15 is 0 Å². The summed E-state index contributed by atoms with van der Waals surface area (Å²) in [6, 6.07) is 8.17. The first-order valence-electron chi connectivity index (χ1n) is 11.9. The lowest BCUT2D eigenvalue weighted by atomic mass is 10.1. The molecule has 1 aliphatic rings. The smallest absolute Gasteiger partial charge is 0.248 e. The molecular formula is C26H27N9O. The van der Waals surface area contributed by atoms with Gasteiger partial charge in [0, 0.05) is 56.2 Å². The Bertz CT molecular complexity index is 1440. The maximum Gasteiger partial charge on any atom is 0.248 e. The van der Waals surface area contributed by atoms with Crippen LogP contribution in [0, 0.1) is 11.3 Å². The van der Waals surface area contributed by atoms with Crippen molar-refractivity contribution >= 4 is 28.6 Å². The molecule has 1 N–H and O–H groups in total. The van der Waals surface area contributed by atoms with Crippen molar-refractivity contribution in [3.05, 3.63) is 67.4 Å². The van der Waals surface area contributed by atoms with Gasteiger partial charge in [-0.15, -0.1) is 0 Å². The molecule has 0 spiro atoms. The minimum atomic E-state index is -0.285. The second-order valence-electron chi connectivity index (χ2n) is 8.64. The summed E-state index contributed by atoms with van der Waals surface area (Å²) in [4.78, 5) is 20.4. The van der Waals surface area contributed by atoms with Gasteiger partial charge in [-0.3, -0.25) is 9.48 Å². The zero-order chi connectivity index (χ0) is 25.1. The molecule has 0 aliphatic carbocycles. The Labute approximate surface area is 209 Å². The number of hydrogen-bond acceptors (Lipinski definition) is 7. The number of amides is 1. The molecule has 4 aromatic rings. The lowest BCUT2D eigenvalue weighted by Gasteiger charge is -2.37. The Kier molecular flexibility index (Phi) is 6.36. The monoisotopic (exact) mass is 481 g/mol. The Hall–Kier alpha value is -4.65. The van der Waals surface area contributed by atoms with E-state index in [4.69, 9.17) is 0 Å². The highest BCUT2D eigenvalue weighted by Gasteiger charge is 2.22. The number of nitriles is 1. The number of fused-ring (bicyclic) bond motifs is 1. The Morgan fingerprint density at radius 3 is 2.61 bits per heavy atom. The van der Waals surface area contributed by atoms with E-state index < -0.39 is 0 Å². The van der Waals surface area contributed by atoms with Gasteiger partial charge in [0.05, 0.1) is 35.5 Å². The van der Waals surface area contributed by atoms with Crippen LogP contribution in [0.15, 0.2) is 61.8 Å². The molecule has 4 aromatic heterocycles. The van der Waals surface area contributed by atoms with E-state index in [0.29, 0.717) is 11.4 Å². The number of nitrogens with one attached hydrogen (secondary N) is 1. The summed E-state index contributed by atoms with van der Waals surface area (Å²) in [5, 5.41) is 21.3. The maximum atomic E-state index is 11.5. The highest BCUT2D eigenvalue weighted by Crippen LogP contribution is 2.32. The van der Waals surface area contributed by atoms with E-state index in [0.717, 1.165) is 67.2 Å². The van der Waals surface area contributed by atoms with Crippen LogP contribution in [0.4, 0.5) is 17.2 Å². The molecule has 1 aliphatic heterocycles. The molecule has 0 radical (unpaired) electrons. The number of carbonyl (C=O) groups excluding carboxylic acids is 1. The van der Waals surface area contributed by atoms with Gasteiger partial charge in [-0.1, -0.05) is 13.5 Å². The fourth-order valence-electron chi connectivity index (χ4n) is 4.47. The number of aryl methyl sites for hydroxylation is 1. The van der Waals surface area contributed by atoms with Crippen LogP contribution in [-0.2, 0) is 11.3 Å². The molecule has 10 nitrogen and oxygen atoms in total. The van der Waals surface area contributed by atoms with Crippen molar-refractivity contribution in [2.24, 2.45) is 0 Å². The molecule has 5 rings (SSSR count). The second-order valence-corrected chi connectivity index (χ2v) is 8.64. The topological polar surface area (TPSA) is 107 Å². The molecule has 10 heteroatoms. The van der Waals surface area contributed by atoms with Crippen LogP contribution in [0.1, 0.15) is 18.9 Å². The molecule has 0 unspecified atom stereocenters. The summed E-state index contributed by atoms with van der Waals surface area (Å²) < 4.78 is 3.75. The summed E-state index contributed by atoms with van der Waals surface area (Å²) in [6.07, 6.45) is 11.5. The first-order chi connectivity index (χ1) is 17.6. The molecule has 1 fully saturated rings. The average Bonchev–Trinajstić information content (AvgIpc) is 3.56. The number of carbonyl (C=O) groups is 1. The third-order valence-corrected chi connectivity index (χ3v) is 6.30. The number of rotatable bonds is 7. The molecule has 0 atom stereocenters. The number of piperazine rings is 1. The van der Waals surface area contributed by atoms with Crippen LogP contribution in [-0.4, -0.2) is 56.5 Å². The highest BCUT2D eigenvalue weighted by atomic mass is 16.1. The van der Waals surface area contributed by atoms with Gasteiger partial charge in [0.25, 0.3) is 0 Å². The molecule has 182 valence electrons. The lowest BCUT2D eigenvalue weighted by Crippen LogP contribution is -2.46. The largest absolute Gasteiger partial charge is 0.367 e. The number of hydrogen-bond donors (Lipinski definition) is 1. The lowest BCUT2D eigenvalue weighted by molar-refractivity contribution is -0.111. The van der Waals surface area contributed by atoms with Crippen molar-refractivity contribution in [3.8, 4) is 17.2 Å². The summed E-state index contributed by atoms with van der Waals surface area (Å²) in [5.41, 5.74) is 5.40. The van der Waals surface area contributed by atoms with Gasteiger partial charge in [-0.05, 0) is 30.7 Å². The molecule has 0 bridgehead atoms. The maximum absolute atomic E-state index is 11.5.